The second-order valence-corrected chi connectivity index (χ2v) is 6.70. The lowest BCUT2D eigenvalue weighted by atomic mass is 10.1. The van der Waals surface area contributed by atoms with Crippen LogP contribution in [0.1, 0.15) is 0 Å². The highest BCUT2D eigenvalue weighted by Gasteiger charge is 2.13. The minimum Gasteiger partial charge on any atom is -0.224 e. The van der Waals surface area contributed by atoms with Crippen LogP contribution in [0.15, 0.2) is 59.5 Å². The molecule has 100 valence electrons. The summed E-state index contributed by atoms with van der Waals surface area (Å²) in [5.74, 6) is 0. The van der Waals surface area contributed by atoms with Crippen molar-refractivity contribution < 1.29 is 0 Å². The van der Waals surface area contributed by atoms with Gasteiger partial charge in [-0.25, -0.2) is 4.98 Å². The van der Waals surface area contributed by atoms with E-state index in [0.717, 1.165) is 21.7 Å². The number of halogens is 1. The van der Waals surface area contributed by atoms with Crippen molar-refractivity contribution in [3.8, 4) is 21.7 Å². The van der Waals surface area contributed by atoms with Crippen molar-refractivity contribution in [3.05, 3.63) is 59.1 Å². The summed E-state index contributed by atoms with van der Waals surface area (Å²) in [6, 6.07) is 18.7. The third-order valence-corrected chi connectivity index (χ3v) is 4.95. The van der Waals surface area contributed by atoms with Crippen molar-refractivity contribution in [2.45, 2.75) is 4.90 Å². The fourth-order valence-electron chi connectivity index (χ4n) is 2.02. The van der Waals surface area contributed by atoms with Crippen molar-refractivity contribution in [1.29, 1.82) is 0 Å². The van der Waals surface area contributed by atoms with Crippen LogP contribution in [0.2, 0.25) is 4.47 Å². The first kappa shape index (κ1) is 13.7. The Balaban J connectivity index is 2.09. The Morgan fingerprint density at radius 2 is 1.65 bits per heavy atom. The number of rotatable bonds is 3. The predicted molar refractivity (Wildman–Crippen MR) is 89.8 cm³/mol. The maximum absolute atomic E-state index is 6.13. The van der Waals surface area contributed by atoms with Gasteiger partial charge in [0.05, 0.1) is 10.6 Å². The molecule has 2 aromatic carbocycles. The molecule has 0 aliphatic carbocycles. The number of nitrogens with zero attached hydrogens (tertiary/aromatic N) is 1. The lowest BCUT2D eigenvalue weighted by Crippen LogP contribution is -1.81. The molecule has 0 atom stereocenters. The largest absolute Gasteiger partial charge is 0.224 e. The number of thiazole rings is 1. The summed E-state index contributed by atoms with van der Waals surface area (Å²) < 4.78 is 0.577. The van der Waals surface area contributed by atoms with E-state index >= 15 is 0 Å². The summed E-state index contributed by atoms with van der Waals surface area (Å²) in [4.78, 5) is 6.85. The molecule has 1 nitrogen and oxygen atoms in total. The first-order chi connectivity index (χ1) is 9.78. The van der Waals surface area contributed by atoms with E-state index in [0.29, 0.717) is 4.47 Å². The zero-order valence-corrected chi connectivity index (χ0v) is 13.2. The van der Waals surface area contributed by atoms with Gasteiger partial charge in [-0.15, -0.1) is 23.1 Å². The smallest absolute Gasteiger partial charge is 0.184 e. The van der Waals surface area contributed by atoms with Crippen LogP contribution in [-0.2, 0) is 0 Å². The molecule has 0 bridgehead atoms. The van der Waals surface area contributed by atoms with Crippen LogP contribution in [0.5, 0.6) is 0 Å². The Hall–Kier alpha value is -1.29. The van der Waals surface area contributed by atoms with Gasteiger partial charge in [0.2, 0.25) is 0 Å². The molecule has 0 unspecified atom stereocenters. The minimum absolute atomic E-state index is 0.577. The zero-order valence-electron chi connectivity index (χ0n) is 10.8. The number of thioether (sulfide) groups is 1. The fraction of sp³-hybridized carbons (Fsp3) is 0.0625. The van der Waals surface area contributed by atoms with Crippen LogP contribution in [0.4, 0.5) is 0 Å². The molecule has 20 heavy (non-hydrogen) atoms. The molecule has 3 aromatic rings. The van der Waals surface area contributed by atoms with Crippen LogP contribution < -0.4 is 0 Å². The standard InChI is InChI=1S/C16H12ClNS2/c1-19-13-9-7-12(8-10-13)15-14(18-16(17)20-15)11-5-3-2-4-6-11/h2-10H,1H3. The fourth-order valence-corrected chi connectivity index (χ4v) is 3.57. The van der Waals surface area contributed by atoms with Gasteiger partial charge in [0.15, 0.2) is 4.47 Å². The molecule has 0 N–H and O–H groups in total. The van der Waals surface area contributed by atoms with Crippen molar-refractivity contribution in [2.24, 2.45) is 0 Å². The first-order valence-corrected chi connectivity index (χ1v) is 8.56. The average molecular weight is 318 g/mol. The molecule has 0 aliphatic heterocycles. The first-order valence-electron chi connectivity index (χ1n) is 6.14. The van der Waals surface area contributed by atoms with E-state index in [1.165, 1.54) is 16.2 Å². The van der Waals surface area contributed by atoms with E-state index < -0.39 is 0 Å². The highest BCUT2D eigenvalue weighted by Crippen LogP contribution is 2.38. The van der Waals surface area contributed by atoms with Crippen molar-refractivity contribution in [3.63, 3.8) is 0 Å². The highest BCUT2D eigenvalue weighted by molar-refractivity contribution is 7.98. The molecule has 0 amide bonds. The number of aromatic nitrogens is 1. The van der Waals surface area contributed by atoms with Gasteiger partial charge in [-0.1, -0.05) is 54.1 Å². The minimum atomic E-state index is 0.577. The van der Waals surface area contributed by atoms with Gasteiger partial charge < -0.3 is 0 Å². The molecule has 0 aliphatic rings. The van der Waals surface area contributed by atoms with Crippen LogP contribution in [0.25, 0.3) is 21.7 Å². The average Bonchev–Trinajstić information content (AvgIpc) is 2.90. The molecule has 0 fully saturated rings. The molecule has 0 spiro atoms. The van der Waals surface area contributed by atoms with Gasteiger partial charge in [-0.05, 0) is 24.0 Å². The van der Waals surface area contributed by atoms with Crippen LogP contribution in [-0.4, -0.2) is 11.2 Å². The summed E-state index contributed by atoms with van der Waals surface area (Å²) >= 11 is 9.39. The maximum Gasteiger partial charge on any atom is 0.184 e. The van der Waals surface area contributed by atoms with Gasteiger partial charge in [0.1, 0.15) is 0 Å². The third-order valence-electron chi connectivity index (χ3n) is 3.00. The lowest BCUT2D eigenvalue weighted by molar-refractivity contribution is 1.40. The van der Waals surface area contributed by atoms with E-state index in [4.69, 9.17) is 11.6 Å². The Morgan fingerprint density at radius 1 is 0.950 bits per heavy atom. The van der Waals surface area contributed by atoms with E-state index in [2.05, 4.69) is 47.6 Å². The second-order valence-electron chi connectivity index (χ2n) is 4.24. The van der Waals surface area contributed by atoms with Crippen molar-refractivity contribution in [1.82, 2.24) is 4.98 Å². The maximum atomic E-state index is 6.13. The van der Waals surface area contributed by atoms with Gasteiger partial charge in [0, 0.05) is 10.5 Å². The molecule has 3 rings (SSSR count). The number of hydrogen-bond donors (Lipinski definition) is 0. The zero-order chi connectivity index (χ0) is 13.9. The molecule has 0 saturated heterocycles. The summed E-state index contributed by atoms with van der Waals surface area (Å²) in [5, 5.41) is 0. The Morgan fingerprint density at radius 3 is 2.30 bits per heavy atom. The van der Waals surface area contributed by atoms with Crippen molar-refractivity contribution >= 4 is 34.7 Å². The lowest BCUT2D eigenvalue weighted by Gasteiger charge is -2.03. The van der Waals surface area contributed by atoms with Crippen LogP contribution in [0, 0.1) is 0 Å². The molecule has 1 aromatic heterocycles. The molecule has 0 saturated carbocycles. The summed E-state index contributed by atoms with van der Waals surface area (Å²) in [7, 11) is 0. The molecular weight excluding hydrogens is 306 g/mol. The van der Waals surface area contributed by atoms with E-state index in [-0.39, 0.29) is 0 Å². The van der Waals surface area contributed by atoms with Gasteiger partial charge >= 0.3 is 0 Å². The third kappa shape index (κ3) is 2.75. The topological polar surface area (TPSA) is 12.9 Å². The van der Waals surface area contributed by atoms with Crippen molar-refractivity contribution in [2.75, 3.05) is 6.26 Å². The van der Waals surface area contributed by atoms with E-state index in [1.54, 1.807) is 11.8 Å². The second kappa shape index (κ2) is 6.00. The molecule has 4 heteroatoms. The van der Waals surface area contributed by atoms with Gasteiger partial charge in [-0.3, -0.25) is 0 Å². The summed E-state index contributed by atoms with van der Waals surface area (Å²) in [6.45, 7) is 0. The summed E-state index contributed by atoms with van der Waals surface area (Å²) in [5.41, 5.74) is 3.21. The number of benzene rings is 2. The van der Waals surface area contributed by atoms with Crippen LogP contribution in [0.3, 0.4) is 0 Å². The number of hydrogen-bond acceptors (Lipinski definition) is 3. The SMILES string of the molecule is CSc1ccc(-c2sc(Cl)nc2-c2ccccc2)cc1. The normalized spacial score (nSPS) is 10.7. The predicted octanol–water partition coefficient (Wildman–Crippen LogP) is 5.85. The molecule has 1 heterocycles. The molecular formula is C16H12ClNS2. The van der Waals surface area contributed by atoms with E-state index in [9.17, 15) is 0 Å². The molecule has 0 radical (unpaired) electrons. The quantitative estimate of drug-likeness (QED) is 0.562. The van der Waals surface area contributed by atoms with Crippen LogP contribution >= 0.6 is 34.7 Å². The Kier molecular flexibility index (Phi) is 4.10. The monoisotopic (exact) mass is 317 g/mol. The van der Waals surface area contributed by atoms with Gasteiger partial charge in [-0.2, -0.15) is 0 Å². The Labute approximate surface area is 131 Å². The van der Waals surface area contributed by atoms with Gasteiger partial charge in [0.25, 0.3) is 0 Å². The Bertz CT molecular complexity index is 705. The highest BCUT2D eigenvalue weighted by atomic mass is 35.5. The van der Waals surface area contributed by atoms with E-state index in [1.807, 2.05) is 18.2 Å². The summed E-state index contributed by atoms with van der Waals surface area (Å²) in [6.07, 6.45) is 2.08.